The van der Waals surface area contributed by atoms with Crippen molar-refractivity contribution in [3.05, 3.63) is 94.1 Å². The van der Waals surface area contributed by atoms with Crippen LogP contribution in [0.15, 0.2) is 71.8 Å². The second-order valence-corrected chi connectivity index (χ2v) is 10.8. The van der Waals surface area contributed by atoms with Gasteiger partial charge in [-0.3, -0.25) is 4.90 Å². The summed E-state index contributed by atoms with van der Waals surface area (Å²) in [5.41, 5.74) is 7.18. The lowest BCUT2D eigenvalue weighted by Gasteiger charge is -2.39. The van der Waals surface area contributed by atoms with Crippen LogP contribution in [0.2, 0.25) is 0 Å². The van der Waals surface area contributed by atoms with Gasteiger partial charge in [0.1, 0.15) is 11.5 Å². The van der Waals surface area contributed by atoms with Crippen LogP contribution >= 0.6 is 0 Å². The van der Waals surface area contributed by atoms with Gasteiger partial charge >= 0.3 is 6.09 Å². The molecule has 3 aliphatic heterocycles. The van der Waals surface area contributed by atoms with Crippen LogP contribution in [0, 0.1) is 0 Å². The van der Waals surface area contributed by atoms with Gasteiger partial charge in [-0.2, -0.15) is 0 Å². The molecule has 2 aromatic rings. The number of hydrogen-bond acceptors (Lipinski definition) is 6. The summed E-state index contributed by atoms with van der Waals surface area (Å²) in [5, 5.41) is 9.31. The first-order valence-corrected chi connectivity index (χ1v) is 15.8. The molecular formula is C36H50N2O6. The van der Waals surface area contributed by atoms with Crippen molar-refractivity contribution in [2.45, 2.75) is 73.6 Å². The van der Waals surface area contributed by atoms with Crippen LogP contribution in [-0.2, 0) is 22.7 Å². The van der Waals surface area contributed by atoms with E-state index in [0.29, 0.717) is 39.4 Å². The Bertz CT molecular complexity index is 1230. The van der Waals surface area contributed by atoms with Crippen molar-refractivity contribution in [2.75, 3.05) is 39.8 Å². The standard InChI is InChI=1S/C22H24N2O6.C9H12.C3H8.C2H6/c25-22(26)24-7-5-23(6-8-24)21(15-1-3-19-17(9-15)11-27-13-29-19)16-2-4-20-18(10-16)12-28-14-30-20;1-8-6-4-3-5-7-9(8)2;1-3-2;1-2/h1-4,9-10,21H,5-8,11-14H2,(H,25,26);3-6H,7H2,1-2H3;3H2,1-2H3;1-2H3. The Kier molecular flexibility index (Phi) is 14.5. The van der Waals surface area contributed by atoms with Crippen molar-refractivity contribution in [3.63, 3.8) is 0 Å². The molecule has 0 bridgehead atoms. The zero-order chi connectivity index (χ0) is 31.9. The molecule has 3 heterocycles. The lowest BCUT2D eigenvalue weighted by Crippen LogP contribution is -2.49. The Labute approximate surface area is 263 Å². The molecule has 1 fully saturated rings. The Morgan fingerprint density at radius 2 is 1.36 bits per heavy atom. The van der Waals surface area contributed by atoms with E-state index < -0.39 is 6.09 Å². The number of piperazine rings is 1. The van der Waals surface area contributed by atoms with Crippen LogP contribution in [0.25, 0.3) is 0 Å². The van der Waals surface area contributed by atoms with E-state index in [0.717, 1.165) is 40.2 Å². The number of hydrogen-bond donors (Lipinski definition) is 1. The summed E-state index contributed by atoms with van der Waals surface area (Å²) in [7, 11) is 0. The highest BCUT2D eigenvalue weighted by molar-refractivity contribution is 5.65. The molecule has 2 aromatic carbocycles. The van der Waals surface area contributed by atoms with Crippen LogP contribution in [0.5, 0.6) is 11.5 Å². The van der Waals surface area contributed by atoms with E-state index in [2.05, 4.69) is 81.2 Å². The van der Waals surface area contributed by atoms with Crippen molar-refractivity contribution in [2.24, 2.45) is 0 Å². The number of carboxylic acid groups (broad SMARTS) is 1. The van der Waals surface area contributed by atoms with Gasteiger partial charge in [0.2, 0.25) is 0 Å². The molecule has 6 rings (SSSR count). The van der Waals surface area contributed by atoms with Crippen LogP contribution < -0.4 is 9.47 Å². The zero-order valence-electron chi connectivity index (χ0n) is 27.3. The first-order chi connectivity index (χ1) is 21.4. The molecule has 0 radical (unpaired) electrons. The number of ether oxygens (including phenoxy) is 4. The van der Waals surface area contributed by atoms with Crippen LogP contribution in [0.1, 0.15) is 82.7 Å². The van der Waals surface area contributed by atoms with Gasteiger partial charge in [-0.05, 0) is 55.7 Å². The summed E-state index contributed by atoms with van der Waals surface area (Å²) < 4.78 is 22.1. The van der Waals surface area contributed by atoms with Gasteiger partial charge in [0.15, 0.2) is 13.6 Å². The predicted molar refractivity (Wildman–Crippen MR) is 175 cm³/mol. The lowest BCUT2D eigenvalue weighted by molar-refractivity contribution is -0.0165. The van der Waals surface area contributed by atoms with Crippen molar-refractivity contribution < 1.29 is 28.8 Å². The second-order valence-electron chi connectivity index (χ2n) is 10.8. The topological polar surface area (TPSA) is 80.7 Å². The minimum absolute atomic E-state index is 0.0135. The molecule has 0 saturated carbocycles. The van der Waals surface area contributed by atoms with E-state index in [1.807, 2.05) is 26.0 Å². The second kappa shape index (κ2) is 18.3. The van der Waals surface area contributed by atoms with Gasteiger partial charge in [0, 0.05) is 37.3 Å². The highest BCUT2D eigenvalue weighted by atomic mass is 16.7. The Morgan fingerprint density at radius 1 is 0.841 bits per heavy atom. The maximum atomic E-state index is 11.3. The number of fused-ring (bicyclic) bond motifs is 2. The first-order valence-electron chi connectivity index (χ1n) is 15.8. The third-order valence-electron chi connectivity index (χ3n) is 7.55. The van der Waals surface area contributed by atoms with Gasteiger partial charge in [-0.15, -0.1) is 0 Å². The van der Waals surface area contributed by atoms with E-state index in [-0.39, 0.29) is 19.6 Å². The van der Waals surface area contributed by atoms with E-state index >= 15 is 0 Å². The summed E-state index contributed by atoms with van der Waals surface area (Å²) in [6.07, 6.45) is 10.0. The van der Waals surface area contributed by atoms with Crippen LogP contribution in [0.4, 0.5) is 4.79 Å². The summed E-state index contributed by atoms with van der Waals surface area (Å²) in [4.78, 5) is 15.1. The Morgan fingerprint density at radius 3 is 1.86 bits per heavy atom. The summed E-state index contributed by atoms with van der Waals surface area (Å²) in [6.45, 7) is 16.5. The van der Waals surface area contributed by atoms with Crippen molar-refractivity contribution >= 4 is 6.09 Å². The van der Waals surface area contributed by atoms with E-state index in [1.165, 1.54) is 22.5 Å². The Balaban J connectivity index is 0.000000317. The molecule has 0 spiro atoms. The monoisotopic (exact) mass is 606 g/mol. The van der Waals surface area contributed by atoms with Gasteiger partial charge in [-0.1, -0.05) is 81.7 Å². The molecule has 44 heavy (non-hydrogen) atoms. The van der Waals surface area contributed by atoms with Gasteiger partial charge in [-0.25, -0.2) is 4.79 Å². The fourth-order valence-electron chi connectivity index (χ4n) is 5.17. The number of nitrogens with zero attached hydrogens (tertiary/aromatic N) is 2. The predicted octanol–water partition coefficient (Wildman–Crippen LogP) is 8.09. The number of rotatable bonds is 3. The van der Waals surface area contributed by atoms with Crippen molar-refractivity contribution in [3.8, 4) is 11.5 Å². The maximum Gasteiger partial charge on any atom is 0.407 e. The first kappa shape index (κ1) is 34.9. The molecule has 0 unspecified atom stereocenters. The molecule has 1 amide bonds. The number of benzene rings is 2. The van der Waals surface area contributed by atoms with Crippen molar-refractivity contribution in [1.82, 2.24) is 9.80 Å². The van der Waals surface area contributed by atoms with Gasteiger partial charge in [0.05, 0.1) is 19.3 Å². The molecule has 1 saturated heterocycles. The van der Waals surface area contributed by atoms with Crippen LogP contribution in [-0.4, -0.2) is 60.8 Å². The van der Waals surface area contributed by atoms with E-state index in [4.69, 9.17) is 18.9 Å². The number of amides is 1. The average Bonchev–Trinajstić information content (AvgIpc) is 3.25. The van der Waals surface area contributed by atoms with E-state index in [9.17, 15) is 9.90 Å². The molecule has 1 N–H and O–H groups in total. The maximum absolute atomic E-state index is 11.3. The zero-order valence-corrected chi connectivity index (χ0v) is 27.3. The van der Waals surface area contributed by atoms with Crippen LogP contribution in [0.3, 0.4) is 0 Å². The third-order valence-corrected chi connectivity index (χ3v) is 7.55. The largest absolute Gasteiger partial charge is 0.467 e. The lowest BCUT2D eigenvalue weighted by atomic mass is 9.93. The molecule has 8 heteroatoms. The fraction of sp³-hybridized carbons (Fsp3) is 0.472. The van der Waals surface area contributed by atoms with E-state index in [1.54, 1.807) is 0 Å². The average molecular weight is 607 g/mol. The molecule has 0 atom stereocenters. The van der Waals surface area contributed by atoms with Crippen molar-refractivity contribution in [1.29, 1.82) is 0 Å². The minimum atomic E-state index is -0.864. The highest BCUT2D eigenvalue weighted by Crippen LogP contribution is 2.36. The highest BCUT2D eigenvalue weighted by Gasteiger charge is 2.29. The normalized spacial score (nSPS) is 17.2. The minimum Gasteiger partial charge on any atom is -0.467 e. The van der Waals surface area contributed by atoms with Gasteiger partial charge in [0.25, 0.3) is 0 Å². The van der Waals surface area contributed by atoms with Gasteiger partial charge < -0.3 is 29.0 Å². The number of carbonyl (C=O) groups is 1. The molecule has 1 aliphatic carbocycles. The molecular weight excluding hydrogens is 556 g/mol. The quantitative estimate of drug-likeness (QED) is 0.378. The summed E-state index contributed by atoms with van der Waals surface area (Å²) >= 11 is 0. The fourth-order valence-corrected chi connectivity index (χ4v) is 5.17. The molecule has 0 aromatic heterocycles. The summed E-state index contributed by atoms with van der Waals surface area (Å²) in [6, 6.07) is 12.4. The molecule has 4 aliphatic rings. The number of allylic oxidation sites excluding steroid dienone is 6. The SMILES string of the molecule is CC.CC1=C(C)CC=CC=C1.CCC.O=C(O)N1CCN(C(c2ccc3c(c2)COCO3)c2ccc3c(c2)COCO3)CC1. The Hall–Kier alpha value is -3.59. The summed E-state index contributed by atoms with van der Waals surface area (Å²) in [5.74, 6) is 1.71. The molecule has 240 valence electrons. The smallest absolute Gasteiger partial charge is 0.407 e. The third kappa shape index (κ3) is 9.71. The molecule has 8 nitrogen and oxygen atoms in total.